The third kappa shape index (κ3) is 2.40. The predicted molar refractivity (Wildman–Crippen MR) is 63.5 cm³/mol. The second kappa shape index (κ2) is 4.63. The van der Waals surface area contributed by atoms with Crippen LogP contribution in [0.4, 0.5) is 5.95 Å². The number of carbonyl (C=O) groups excluding carboxylic acids is 1. The number of hydrogen-bond donors (Lipinski definition) is 2. The molecule has 0 atom stereocenters. The Morgan fingerprint density at radius 3 is 2.94 bits per heavy atom. The van der Waals surface area contributed by atoms with Crippen LogP contribution >= 0.6 is 27.5 Å². The van der Waals surface area contributed by atoms with Crippen molar-refractivity contribution in [3.05, 3.63) is 39.6 Å². The predicted octanol–water partition coefficient (Wildman–Crippen LogP) is 2.47. The molecule has 0 aliphatic heterocycles. The molecule has 0 spiro atoms. The summed E-state index contributed by atoms with van der Waals surface area (Å²) in [5, 5.41) is 9.16. The highest BCUT2D eigenvalue weighted by atomic mass is 79.9. The quantitative estimate of drug-likeness (QED) is 0.895. The fourth-order valence-electron chi connectivity index (χ4n) is 1.08. The number of halogens is 2. The molecule has 0 aliphatic rings. The number of anilines is 1. The van der Waals surface area contributed by atoms with Crippen LogP contribution in [0.1, 0.15) is 10.4 Å². The van der Waals surface area contributed by atoms with Gasteiger partial charge in [-0.2, -0.15) is 10.1 Å². The molecule has 0 unspecified atom stereocenters. The van der Waals surface area contributed by atoms with Crippen LogP contribution in [0.5, 0.6) is 0 Å². The number of aromatic amines is 1. The Hall–Kier alpha value is -1.40. The van der Waals surface area contributed by atoms with Gasteiger partial charge in [0.2, 0.25) is 5.95 Å². The van der Waals surface area contributed by atoms with Crippen LogP contribution in [0.2, 0.25) is 5.02 Å². The van der Waals surface area contributed by atoms with Gasteiger partial charge in [-0.3, -0.25) is 10.1 Å². The van der Waals surface area contributed by atoms with Crippen molar-refractivity contribution in [1.29, 1.82) is 0 Å². The zero-order valence-electron chi connectivity index (χ0n) is 7.87. The average molecular weight is 302 g/mol. The van der Waals surface area contributed by atoms with Crippen molar-refractivity contribution in [2.45, 2.75) is 0 Å². The fraction of sp³-hybridized carbons (Fsp3) is 0. The van der Waals surface area contributed by atoms with Crippen LogP contribution in [0, 0.1) is 0 Å². The van der Waals surface area contributed by atoms with Gasteiger partial charge in [0.15, 0.2) is 0 Å². The molecule has 0 fully saturated rings. The van der Waals surface area contributed by atoms with Crippen molar-refractivity contribution < 1.29 is 4.79 Å². The molecule has 0 radical (unpaired) electrons. The minimum atomic E-state index is -0.300. The molecule has 16 heavy (non-hydrogen) atoms. The second-order valence-corrected chi connectivity index (χ2v) is 4.18. The van der Waals surface area contributed by atoms with Gasteiger partial charge in [-0.15, -0.1) is 0 Å². The van der Waals surface area contributed by atoms with Crippen LogP contribution < -0.4 is 5.32 Å². The maximum Gasteiger partial charge on any atom is 0.258 e. The first-order valence-electron chi connectivity index (χ1n) is 4.28. The van der Waals surface area contributed by atoms with E-state index in [1.165, 1.54) is 6.33 Å². The molecule has 0 saturated heterocycles. The summed E-state index contributed by atoms with van der Waals surface area (Å²) in [5.74, 6) is -0.00445. The number of hydrogen-bond acceptors (Lipinski definition) is 3. The lowest BCUT2D eigenvalue weighted by atomic mass is 10.2. The maximum atomic E-state index is 11.7. The van der Waals surface area contributed by atoms with Gasteiger partial charge in [-0.25, -0.2) is 5.10 Å². The average Bonchev–Trinajstić information content (AvgIpc) is 2.74. The fourth-order valence-corrected chi connectivity index (χ4v) is 1.51. The van der Waals surface area contributed by atoms with E-state index in [1.807, 2.05) is 0 Å². The minimum absolute atomic E-state index is 0.295. The molecular formula is C9H6BrClN4O. The molecule has 1 amide bonds. The molecule has 2 aromatic rings. The molecule has 2 rings (SSSR count). The van der Waals surface area contributed by atoms with Crippen molar-refractivity contribution >= 4 is 39.4 Å². The monoisotopic (exact) mass is 300 g/mol. The molecule has 5 nitrogen and oxygen atoms in total. The molecule has 1 aromatic carbocycles. The Morgan fingerprint density at radius 2 is 2.31 bits per heavy atom. The Kier molecular flexibility index (Phi) is 3.21. The van der Waals surface area contributed by atoms with E-state index in [2.05, 4.69) is 36.4 Å². The van der Waals surface area contributed by atoms with Gasteiger partial charge in [-0.05, 0) is 34.1 Å². The number of H-pyrrole nitrogens is 1. The van der Waals surface area contributed by atoms with Crippen LogP contribution in [0.3, 0.4) is 0 Å². The van der Waals surface area contributed by atoms with Crippen molar-refractivity contribution in [1.82, 2.24) is 15.2 Å². The van der Waals surface area contributed by atoms with E-state index in [-0.39, 0.29) is 5.91 Å². The SMILES string of the molecule is O=C(Nc1ncn[nH]1)c1ccc(Br)c(Cl)c1. The van der Waals surface area contributed by atoms with E-state index in [0.717, 1.165) is 4.47 Å². The lowest BCUT2D eigenvalue weighted by Crippen LogP contribution is -2.12. The third-order valence-electron chi connectivity index (χ3n) is 1.83. The normalized spacial score (nSPS) is 10.1. The number of carbonyl (C=O) groups is 1. The number of nitrogens with zero attached hydrogens (tertiary/aromatic N) is 2. The lowest BCUT2D eigenvalue weighted by Gasteiger charge is -2.02. The number of aromatic nitrogens is 3. The Morgan fingerprint density at radius 1 is 1.50 bits per heavy atom. The maximum absolute atomic E-state index is 11.7. The van der Waals surface area contributed by atoms with Crippen LogP contribution in [-0.4, -0.2) is 21.1 Å². The van der Waals surface area contributed by atoms with Crippen LogP contribution in [0.15, 0.2) is 29.0 Å². The van der Waals surface area contributed by atoms with Crippen molar-refractivity contribution in [3.8, 4) is 0 Å². The van der Waals surface area contributed by atoms with Crippen molar-refractivity contribution in [3.63, 3.8) is 0 Å². The lowest BCUT2D eigenvalue weighted by molar-refractivity contribution is 0.102. The van der Waals surface area contributed by atoms with Gasteiger partial charge >= 0.3 is 0 Å². The molecule has 0 bridgehead atoms. The highest BCUT2D eigenvalue weighted by Gasteiger charge is 2.09. The molecule has 0 aliphatic carbocycles. The summed E-state index contributed by atoms with van der Waals surface area (Å²) in [6.07, 6.45) is 1.31. The molecule has 1 heterocycles. The van der Waals surface area contributed by atoms with E-state index in [4.69, 9.17) is 11.6 Å². The first-order valence-corrected chi connectivity index (χ1v) is 5.45. The number of nitrogens with one attached hydrogen (secondary N) is 2. The number of benzene rings is 1. The molecular weight excluding hydrogens is 295 g/mol. The zero-order chi connectivity index (χ0) is 11.5. The summed E-state index contributed by atoms with van der Waals surface area (Å²) in [6.45, 7) is 0. The molecule has 82 valence electrons. The summed E-state index contributed by atoms with van der Waals surface area (Å²) >= 11 is 9.12. The first kappa shape index (κ1) is 11.1. The standard InChI is InChI=1S/C9H6BrClN4O/c10-6-2-1-5(3-7(6)11)8(16)14-9-12-4-13-15-9/h1-4H,(H2,12,13,14,15,16). The van der Waals surface area contributed by atoms with Gasteiger partial charge in [-0.1, -0.05) is 11.6 Å². The van der Waals surface area contributed by atoms with E-state index in [0.29, 0.717) is 16.5 Å². The minimum Gasteiger partial charge on any atom is -0.291 e. The van der Waals surface area contributed by atoms with Crippen molar-refractivity contribution in [2.75, 3.05) is 5.32 Å². The molecule has 0 saturated carbocycles. The van der Waals surface area contributed by atoms with E-state index in [9.17, 15) is 4.79 Å². The summed E-state index contributed by atoms with van der Waals surface area (Å²) < 4.78 is 0.741. The van der Waals surface area contributed by atoms with Gasteiger partial charge in [0.25, 0.3) is 5.91 Å². The number of rotatable bonds is 2. The van der Waals surface area contributed by atoms with Gasteiger partial charge < -0.3 is 0 Å². The summed E-state index contributed by atoms with van der Waals surface area (Å²) in [7, 11) is 0. The van der Waals surface area contributed by atoms with Crippen LogP contribution in [0.25, 0.3) is 0 Å². The highest BCUT2D eigenvalue weighted by molar-refractivity contribution is 9.10. The zero-order valence-corrected chi connectivity index (χ0v) is 10.2. The largest absolute Gasteiger partial charge is 0.291 e. The smallest absolute Gasteiger partial charge is 0.258 e. The summed E-state index contributed by atoms with van der Waals surface area (Å²) in [5.41, 5.74) is 0.449. The third-order valence-corrected chi connectivity index (χ3v) is 3.06. The number of amides is 1. The van der Waals surface area contributed by atoms with Crippen molar-refractivity contribution in [2.24, 2.45) is 0 Å². The van der Waals surface area contributed by atoms with Gasteiger partial charge in [0.1, 0.15) is 6.33 Å². The topological polar surface area (TPSA) is 70.7 Å². The Balaban J connectivity index is 2.18. The van der Waals surface area contributed by atoms with Gasteiger partial charge in [0.05, 0.1) is 5.02 Å². The molecule has 2 N–H and O–H groups in total. The van der Waals surface area contributed by atoms with E-state index in [1.54, 1.807) is 18.2 Å². The van der Waals surface area contributed by atoms with E-state index < -0.39 is 0 Å². The second-order valence-electron chi connectivity index (χ2n) is 2.92. The first-order chi connectivity index (χ1) is 7.66. The molecule has 7 heteroatoms. The van der Waals surface area contributed by atoms with Crippen LogP contribution in [-0.2, 0) is 0 Å². The Bertz CT molecular complexity index is 514. The Labute approximate surface area is 104 Å². The highest BCUT2D eigenvalue weighted by Crippen LogP contribution is 2.23. The summed E-state index contributed by atoms with van der Waals surface area (Å²) in [6, 6.07) is 4.93. The molecule has 1 aromatic heterocycles. The summed E-state index contributed by atoms with van der Waals surface area (Å²) in [4.78, 5) is 15.5. The van der Waals surface area contributed by atoms with E-state index >= 15 is 0 Å². The van der Waals surface area contributed by atoms with Gasteiger partial charge in [0, 0.05) is 10.0 Å².